The third-order valence-corrected chi connectivity index (χ3v) is 3.40. The number of rotatable bonds is 2. The topological polar surface area (TPSA) is 61.8 Å². The van der Waals surface area contributed by atoms with Crippen molar-refractivity contribution in [2.24, 2.45) is 14.1 Å². The minimum Gasteiger partial charge on any atom is -0.300 e. The Bertz CT molecular complexity index is 945. The summed E-state index contributed by atoms with van der Waals surface area (Å²) in [5, 5.41) is 0. The van der Waals surface area contributed by atoms with Crippen molar-refractivity contribution in [3.05, 3.63) is 63.1 Å². The summed E-state index contributed by atoms with van der Waals surface area (Å²) in [6.07, 6.45) is 5.17. The minimum atomic E-state index is -0.384. The van der Waals surface area contributed by atoms with E-state index in [2.05, 4.69) is 4.98 Å². The molecular weight excluding hydrogens is 268 g/mol. The average molecular weight is 282 g/mol. The highest BCUT2D eigenvalue weighted by atomic mass is 16.2. The first kappa shape index (κ1) is 13.1. The van der Waals surface area contributed by atoms with Crippen LogP contribution in [0.3, 0.4) is 0 Å². The molecule has 0 aliphatic heterocycles. The maximum absolute atomic E-state index is 12.2. The second kappa shape index (κ2) is 4.90. The Morgan fingerprint density at radius 1 is 1.05 bits per heavy atom. The lowest BCUT2D eigenvalue weighted by Crippen LogP contribution is -2.37. The summed E-state index contributed by atoms with van der Waals surface area (Å²) in [7, 11) is 3.06. The molecule has 0 amide bonds. The van der Waals surface area contributed by atoms with Gasteiger partial charge in [0.05, 0.1) is 0 Å². The number of hydrogen-bond acceptors (Lipinski definition) is 3. The van der Waals surface area contributed by atoms with Gasteiger partial charge in [0.15, 0.2) is 11.2 Å². The van der Waals surface area contributed by atoms with Crippen LogP contribution in [0.1, 0.15) is 5.56 Å². The van der Waals surface area contributed by atoms with Crippen LogP contribution < -0.4 is 11.2 Å². The molecule has 3 rings (SSSR count). The molecule has 1 aromatic carbocycles. The highest BCUT2D eigenvalue weighted by Gasteiger charge is 2.12. The monoisotopic (exact) mass is 282 g/mol. The van der Waals surface area contributed by atoms with Crippen LogP contribution in [0.2, 0.25) is 0 Å². The van der Waals surface area contributed by atoms with Crippen molar-refractivity contribution in [3.8, 4) is 0 Å². The Hall–Kier alpha value is -2.89. The maximum atomic E-state index is 12.2. The molecule has 0 radical (unpaired) electrons. The van der Waals surface area contributed by atoms with E-state index in [-0.39, 0.29) is 11.2 Å². The average Bonchev–Trinajstić information content (AvgIpc) is 2.94. The van der Waals surface area contributed by atoms with Gasteiger partial charge in [-0.25, -0.2) is 9.78 Å². The van der Waals surface area contributed by atoms with Crippen LogP contribution in [0.15, 0.2) is 46.2 Å². The van der Waals surface area contributed by atoms with Crippen LogP contribution >= 0.6 is 0 Å². The van der Waals surface area contributed by atoms with Crippen molar-refractivity contribution in [2.75, 3.05) is 0 Å². The van der Waals surface area contributed by atoms with Gasteiger partial charge in [0.1, 0.15) is 6.33 Å². The van der Waals surface area contributed by atoms with E-state index < -0.39 is 0 Å². The van der Waals surface area contributed by atoms with Crippen molar-refractivity contribution in [2.45, 2.75) is 0 Å². The molecule has 2 aromatic heterocycles. The van der Waals surface area contributed by atoms with Gasteiger partial charge in [0, 0.05) is 20.3 Å². The molecule has 0 aliphatic rings. The smallest absolute Gasteiger partial charge is 0.300 e. The van der Waals surface area contributed by atoms with E-state index in [0.717, 1.165) is 10.1 Å². The lowest BCUT2D eigenvalue weighted by atomic mass is 10.2. The first-order valence-electron chi connectivity index (χ1n) is 6.45. The van der Waals surface area contributed by atoms with E-state index >= 15 is 0 Å². The standard InChI is InChI=1S/C15H14N4O2/c1-17-13-12(14(20)18(2)15(17)21)19(10-16-13)9-8-11-6-4-3-5-7-11/h3-10H,1-2H3/b9-8+. The summed E-state index contributed by atoms with van der Waals surface area (Å²) in [5.74, 6) is 0. The molecule has 0 N–H and O–H groups in total. The molecular formula is C15H14N4O2. The van der Waals surface area contributed by atoms with Crippen molar-refractivity contribution in [1.82, 2.24) is 18.7 Å². The van der Waals surface area contributed by atoms with Crippen LogP contribution in [0, 0.1) is 0 Å². The fraction of sp³-hybridized carbons (Fsp3) is 0.133. The summed E-state index contributed by atoms with van der Waals surface area (Å²) < 4.78 is 4.07. The van der Waals surface area contributed by atoms with Crippen molar-refractivity contribution in [3.63, 3.8) is 0 Å². The maximum Gasteiger partial charge on any atom is 0.332 e. The number of aryl methyl sites for hydroxylation is 1. The van der Waals surface area contributed by atoms with Gasteiger partial charge in [-0.3, -0.25) is 18.5 Å². The van der Waals surface area contributed by atoms with Crippen LogP contribution in [0.4, 0.5) is 0 Å². The van der Waals surface area contributed by atoms with Crippen LogP contribution in [0.25, 0.3) is 23.4 Å². The molecule has 0 unspecified atom stereocenters. The number of aromatic nitrogens is 4. The number of fused-ring (bicyclic) bond motifs is 1. The lowest BCUT2D eigenvalue weighted by molar-refractivity contribution is 0.708. The molecule has 21 heavy (non-hydrogen) atoms. The molecule has 6 heteroatoms. The Morgan fingerprint density at radius 2 is 1.76 bits per heavy atom. The zero-order valence-corrected chi connectivity index (χ0v) is 11.7. The van der Waals surface area contributed by atoms with E-state index in [1.807, 2.05) is 36.4 Å². The van der Waals surface area contributed by atoms with E-state index in [0.29, 0.717) is 11.2 Å². The van der Waals surface area contributed by atoms with Gasteiger partial charge in [-0.1, -0.05) is 30.3 Å². The molecule has 3 aromatic rings. The fourth-order valence-electron chi connectivity index (χ4n) is 2.21. The Kier molecular flexibility index (Phi) is 3.06. The summed E-state index contributed by atoms with van der Waals surface area (Å²) in [4.78, 5) is 28.3. The summed E-state index contributed by atoms with van der Waals surface area (Å²) in [6, 6.07) is 9.74. The van der Waals surface area contributed by atoms with E-state index in [1.165, 1.54) is 17.9 Å². The molecule has 0 saturated heterocycles. The van der Waals surface area contributed by atoms with Gasteiger partial charge in [-0.2, -0.15) is 0 Å². The lowest BCUT2D eigenvalue weighted by Gasteiger charge is -2.03. The molecule has 6 nitrogen and oxygen atoms in total. The highest BCUT2D eigenvalue weighted by Crippen LogP contribution is 2.08. The van der Waals surface area contributed by atoms with Crippen LogP contribution in [-0.2, 0) is 14.1 Å². The molecule has 2 heterocycles. The molecule has 0 aliphatic carbocycles. The van der Waals surface area contributed by atoms with Crippen molar-refractivity contribution < 1.29 is 0 Å². The zero-order valence-electron chi connectivity index (χ0n) is 11.7. The fourth-order valence-corrected chi connectivity index (χ4v) is 2.21. The Labute approximate surface area is 120 Å². The van der Waals surface area contributed by atoms with Crippen LogP contribution in [0.5, 0.6) is 0 Å². The molecule has 0 saturated carbocycles. The number of imidazole rings is 1. The molecule has 0 spiro atoms. The van der Waals surface area contributed by atoms with Gasteiger partial charge in [-0.15, -0.1) is 0 Å². The molecule has 0 atom stereocenters. The highest BCUT2D eigenvalue weighted by molar-refractivity contribution is 5.75. The van der Waals surface area contributed by atoms with E-state index in [9.17, 15) is 9.59 Å². The van der Waals surface area contributed by atoms with Crippen molar-refractivity contribution >= 4 is 23.4 Å². The largest absolute Gasteiger partial charge is 0.332 e. The summed E-state index contributed by atoms with van der Waals surface area (Å²) in [5.41, 5.74) is 1.03. The molecule has 0 fully saturated rings. The summed E-state index contributed by atoms with van der Waals surface area (Å²) >= 11 is 0. The van der Waals surface area contributed by atoms with Gasteiger partial charge in [0.25, 0.3) is 5.56 Å². The van der Waals surface area contributed by atoms with Gasteiger partial charge in [0.2, 0.25) is 0 Å². The quantitative estimate of drug-likeness (QED) is 0.706. The van der Waals surface area contributed by atoms with Crippen LogP contribution in [-0.4, -0.2) is 18.7 Å². The number of benzene rings is 1. The third-order valence-electron chi connectivity index (χ3n) is 3.40. The second-order valence-electron chi connectivity index (χ2n) is 4.76. The third kappa shape index (κ3) is 2.10. The van der Waals surface area contributed by atoms with Gasteiger partial charge >= 0.3 is 5.69 Å². The van der Waals surface area contributed by atoms with Crippen molar-refractivity contribution in [1.29, 1.82) is 0 Å². The Morgan fingerprint density at radius 3 is 2.48 bits per heavy atom. The predicted octanol–water partition coefficient (Wildman–Crippen LogP) is 1.06. The van der Waals surface area contributed by atoms with Gasteiger partial charge < -0.3 is 0 Å². The Balaban J connectivity index is 2.20. The number of nitrogens with zero attached hydrogens (tertiary/aromatic N) is 4. The molecule has 0 bridgehead atoms. The second-order valence-corrected chi connectivity index (χ2v) is 4.76. The first-order chi connectivity index (χ1) is 10.1. The summed E-state index contributed by atoms with van der Waals surface area (Å²) in [6.45, 7) is 0. The normalized spacial score (nSPS) is 11.5. The first-order valence-corrected chi connectivity index (χ1v) is 6.45. The predicted molar refractivity (Wildman–Crippen MR) is 81.9 cm³/mol. The zero-order chi connectivity index (χ0) is 15.0. The number of hydrogen-bond donors (Lipinski definition) is 0. The minimum absolute atomic E-state index is 0.358. The van der Waals surface area contributed by atoms with Gasteiger partial charge in [-0.05, 0) is 11.6 Å². The SMILES string of the molecule is Cn1c(=O)c2c(ncn2/C=C/c2ccccc2)n(C)c1=O. The molecule has 106 valence electrons. The van der Waals surface area contributed by atoms with E-state index in [4.69, 9.17) is 0 Å². The van der Waals surface area contributed by atoms with E-state index in [1.54, 1.807) is 17.8 Å².